The summed E-state index contributed by atoms with van der Waals surface area (Å²) >= 11 is 0. The molecule has 1 aromatic heterocycles. The Hall–Kier alpha value is -0.840. The molecule has 1 heterocycles. The van der Waals surface area contributed by atoms with Crippen LogP contribution in [-0.4, -0.2) is 70.5 Å². The zero-order valence-corrected chi connectivity index (χ0v) is 18.2. The van der Waals surface area contributed by atoms with Gasteiger partial charge in [0.05, 0.1) is 12.9 Å². The quantitative estimate of drug-likeness (QED) is 0.195. The molecule has 1 aliphatic carbocycles. The van der Waals surface area contributed by atoms with Crippen LogP contribution in [0.4, 0.5) is 0 Å². The molecule has 26 heavy (non-hydrogen) atoms. The van der Waals surface area contributed by atoms with E-state index in [4.69, 9.17) is 13.9 Å². The molecule has 0 aromatic carbocycles. The van der Waals surface area contributed by atoms with Crippen LogP contribution in [0.5, 0.6) is 0 Å². The molecule has 0 aliphatic heterocycles. The van der Waals surface area contributed by atoms with E-state index in [0.717, 1.165) is 57.0 Å². The highest BCUT2D eigenvalue weighted by atomic mass is 127. The third-order valence-electron chi connectivity index (χ3n) is 4.14. The van der Waals surface area contributed by atoms with Crippen LogP contribution in [0, 0.1) is 0 Å². The zero-order valence-electron chi connectivity index (χ0n) is 15.9. The van der Waals surface area contributed by atoms with Gasteiger partial charge < -0.3 is 24.5 Å². The van der Waals surface area contributed by atoms with Crippen LogP contribution in [-0.2, 0) is 16.1 Å². The van der Waals surface area contributed by atoms with Gasteiger partial charge in [-0.2, -0.15) is 0 Å². The maximum absolute atomic E-state index is 5.56. The lowest BCUT2D eigenvalue weighted by Gasteiger charge is -2.22. The molecule has 0 spiro atoms. The summed E-state index contributed by atoms with van der Waals surface area (Å²) in [5.74, 6) is 1.70. The largest absolute Gasteiger partial charge is 0.467 e. The second-order valence-electron chi connectivity index (χ2n) is 6.17. The highest BCUT2D eigenvalue weighted by Crippen LogP contribution is 2.25. The fourth-order valence-corrected chi connectivity index (χ4v) is 2.61. The zero-order chi connectivity index (χ0) is 17.7. The van der Waals surface area contributed by atoms with Gasteiger partial charge in [0.1, 0.15) is 12.4 Å². The van der Waals surface area contributed by atoms with Crippen molar-refractivity contribution < 1.29 is 13.9 Å². The lowest BCUT2D eigenvalue weighted by molar-refractivity contribution is 0.105. The van der Waals surface area contributed by atoms with E-state index >= 15 is 0 Å². The Bertz CT molecular complexity index is 481. The minimum absolute atomic E-state index is 0. The second-order valence-corrected chi connectivity index (χ2v) is 6.17. The number of hydrogen-bond donors (Lipinski definition) is 2. The molecule has 0 unspecified atom stereocenters. The number of hydrogen-bond acceptors (Lipinski definition) is 5. The standard InChI is InChI=1S/C18H32N4O3.HI/c1-19-18(20-8-4-12-24-15-17-5-3-13-25-17)21-9-10-22(11-14-23-2)16-6-7-16;/h3,5,13,16H,4,6-12,14-15H2,1-2H3,(H2,19,20,21);1H. The van der Waals surface area contributed by atoms with E-state index in [1.54, 1.807) is 20.4 Å². The number of methoxy groups -OCH3 is 1. The predicted octanol–water partition coefficient (Wildman–Crippen LogP) is 2.08. The molecule has 1 saturated carbocycles. The number of rotatable bonds is 13. The van der Waals surface area contributed by atoms with Gasteiger partial charge in [-0.3, -0.25) is 9.89 Å². The Labute approximate surface area is 173 Å². The number of furan rings is 1. The summed E-state index contributed by atoms with van der Waals surface area (Å²) in [6.45, 7) is 5.74. The van der Waals surface area contributed by atoms with E-state index in [2.05, 4.69) is 20.5 Å². The Morgan fingerprint density at radius 3 is 2.73 bits per heavy atom. The van der Waals surface area contributed by atoms with E-state index in [1.165, 1.54) is 12.8 Å². The molecule has 0 saturated heterocycles. The van der Waals surface area contributed by atoms with E-state index in [9.17, 15) is 0 Å². The van der Waals surface area contributed by atoms with Crippen LogP contribution in [0.1, 0.15) is 25.0 Å². The van der Waals surface area contributed by atoms with Crippen LogP contribution >= 0.6 is 24.0 Å². The normalized spacial score (nSPS) is 14.3. The van der Waals surface area contributed by atoms with Gasteiger partial charge in [-0.15, -0.1) is 24.0 Å². The Balaban J connectivity index is 0.00000338. The predicted molar refractivity (Wildman–Crippen MR) is 114 cm³/mol. The molecular formula is C18H33IN4O3. The summed E-state index contributed by atoms with van der Waals surface area (Å²) in [6.07, 6.45) is 5.21. The summed E-state index contributed by atoms with van der Waals surface area (Å²) < 4.78 is 16.0. The van der Waals surface area contributed by atoms with Crippen molar-refractivity contribution in [3.63, 3.8) is 0 Å². The number of halogens is 1. The average molecular weight is 480 g/mol. The van der Waals surface area contributed by atoms with Gasteiger partial charge in [-0.25, -0.2) is 0 Å². The first-order valence-corrected chi connectivity index (χ1v) is 9.11. The van der Waals surface area contributed by atoms with Crippen LogP contribution in [0.15, 0.2) is 27.8 Å². The lowest BCUT2D eigenvalue weighted by Crippen LogP contribution is -2.43. The SMILES string of the molecule is CN=C(NCCCOCc1ccco1)NCCN(CCOC)C1CC1.I. The summed E-state index contributed by atoms with van der Waals surface area (Å²) in [6, 6.07) is 4.54. The minimum Gasteiger partial charge on any atom is -0.467 e. The molecule has 0 radical (unpaired) electrons. The molecule has 7 nitrogen and oxygen atoms in total. The molecule has 0 bridgehead atoms. The summed E-state index contributed by atoms with van der Waals surface area (Å²) in [5, 5.41) is 6.69. The molecule has 150 valence electrons. The van der Waals surface area contributed by atoms with Crippen molar-refractivity contribution in [2.45, 2.75) is 31.9 Å². The minimum atomic E-state index is 0. The Morgan fingerprint density at radius 1 is 1.27 bits per heavy atom. The smallest absolute Gasteiger partial charge is 0.191 e. The number of nitrogens with one attached hydrogen (secondary N) is 2. The first-order valence-electron chi connectivity index (χ1n) is 9.11. The van der Waals surface area contributed by atoms with Gasteiger partial charge in [0.2, 0.25) is 0 Å². The Morgan fingerprint density at radius 2 is 2.08 bits per heavy atom. The number of guanidine groups is 1. The molecule has 0 atom stereocenters. The van der Waals surface area contributed by atoms with Crippen molar-refractivity contribution in [2.75, 3.05) is 53.6 Å². The summed E-state index contributed by atoms with van der Waals surface area (Å²) in [5.41, 5.74) is 0. The monoisotopic (exact) mass is 480 g/mol. The van der Waals surface area contributed by atoms with Crippen LogP contribution in [0.3, 0.4) is 0 Å². The molecule has 1 aliphatic rings. The summed E-state index contributed by atoms with van der Waals surface area (Å²) in [4.78, 5) is 6.75. The van der Waals surface area contributed by atoms with Crippen LogP contribution < -0.4 is 10.6 Å². The maximum atomic E-state index is 5.56. The third kappa shape index (κ3) is 9.75. The fourth-order valence-electron chi connectivity index (χ4n) is 2.61. The van der Waals surface area contributed by atoms with Crippen molar-refractivity contribution >= 4 is 29.9 Å². The second kappa shape index (κ2) is 14.2. The van der Waals surface area contributed by atoms with E-state index in [0.29, 0.717) is 13.2 Å². The molecule has 2 rings (SSSR count). The highest BCUT2D eigenvalue weighted by molar-refractivity contribution is 14.0. The van der Waals surface area contributed by atoms with Gasteiger partial charge in [0, 0.05) is 53.0 Å². The van der Waals surface area contributed by atoms with Gasteiger partial charge in [-0.1, -0.05) is 0 Å². The molecule has 8 heteroatoms. The summed E-state index contributed by atoms with van der Waals surface area (Å²) in [7, 11) is 3.56. The van der Waals surface area contributed by atoms with E-state index < -0.39 is 0 Å². The van der Waals surface area contributed by atoms with Crippen molar-refractivity contribution in [1.82, 2.24) is 15.5 Å². The van der Waals surface area contributed by atoms with Gasteiger partial charge in [0.15, 0.2) is 5.96 Å². The number of aliphatic imine (C=N–C) groups is 1. The fraction of sp³-hybridized carbons (Fsp3) is 0.722. The van der Waals surface area contributed by atoms with Crippen molar-refractivity contribution in [1.29, 1.82) is 0 Å². The van der Waals surface area contributed by atoms with E-state index in [-0.39, 0.29) is 24.0 Å². The average Bonchev–Trinajstić information content (AvgIpc) is 3.34. The molecule has 1 aromatic rings. The molecule has 1 fully saturated rings. The van der Waals surface area contributed by atoms with Crippen molar-refractivity contribution in [3.8, 4) is 0 Å². The first kappa shape index (κ1) is 23.2. The third-order valence-corrected chi connectivity index (χ3v) is 4.14. The number of nitrogens with zero attached hydrogens (tertiary/aromatic N) is 2. The topological polar surface area (TPSA) is 71.3 Å². The Kier molecular flexibility index (Phi) is 12.7. The van der Waals surface area contributed by atoms with Gasteiger partial charge in [-0.05, 0) is 31.4 Å². The van der Waals surface area contributed by atoms with Crippen molar-refractivity contribution in [3.05, 3.63) is 24.2 Å². The van der Waals surface area contributed by atoms with Gasteiger partial charge in [0.25, 0.3) is 0 Å². The van der Waals surface area contributed by atoms with Crippen molar-refractivity contribution in [2.24, 2.45) is 4.99 Å². The first-order chi connectivity index (χ1) is 12.3. The number of ether oxygens (including phenoxy) is 2. The molecule has 0 amide bonds. The van der Waals surface area contributed by atoms with Crippen LogP contribution in [0.25, 0.3) is 0 Å². The molecular weight excluding hydrogens is 447 g/mol. The highest BCUT2D eigenvalue weighted by Gasteiger charge is 2.28. The maximum Gasteiger partial charge on any atom is 0.191 e. The molecule has 2 N–H and O–H groups in total. The lowest BCUT2D eigenvalue weighted by atomic mass is 10.4. The van der Waals surface area contributed by atoms with Gasteiger partial charge >= 0.3 is 0 Å². The van der Waals surface area contributed by atoms with E-state index in [1.807, 2.05) is 12.1 Å². The van der Waals surface area contributed by atoms with Crippen LogP contribution in [0.2, 0.25) is 0 Å².